The van der Waals surface area contributed by atoms with Crippen molar-refractivity contribution >= 4 is 0 Å². The van der Waals surface area contributed by atoms with Crippen LogP contribution in [0.15, 0.2) is 12.2 Å². The summed E-state index contributed by atoms with van der Waals surface area (Å²) >= 11 is 0. The van der Waals surface area contributed by atoms with E-state index in [1.165, 1.54) is 6.42 Å². The Morgan fingerprint density at radius 1 is 1.29 bits per heavy atom. The van der Waals surface area contributed by atoms with Crippen molar-refractivity contribution in [1.82, 2.24) is 0 Å². The van der Waals surface area contributed by atoms with Crippen LogP contribution >= 0.6 is 0 Å². The van der Waals surface area contributed by atoms with Gasteiger partial charge in [0.15, 0.2) is 0 Å². The SMILES string of the molecule is CCCCC#C[C@@](O)(/C=C/CCCC)[C@H]1COC(C)(C)C1. The Bertz CT molecular complexity index is 386. The fourth-order valence-corrected chi connectivity index (χ4v) is 2.65. The van der Waals surface area contributed by atoms with Crippen molar-refractivity contribution in [2.24, 2.45) is 5.92 Å². The topological polar surface area (TPSA) is 29.5 Å². The van der Waals surface area contributed by atoms with Crippen molar-refractivity contribution in [3.8, 4) is 11.8 Å². The lowest BCUT2D eigenvalue weighted by atomic mass is 9.82. The summed E-state index contributed by atoms with van der Waals surface area (Å²) in [7, 11) is 0. The molecule has 1 N–H and O–H groups in total. The third-order valence-electron chi connectivity index (χ3n) is 4.08. The monoisotopic (exact) mass is 292 g/mol. The molecular weight excluding hydrogens is 260 g/mol. The van der Waals surface area contributed by atoms with Gasteiger partial charge >= 0.3 is 0 Å². The quantitative estimate of drug-likeness (QED) is 0.426. The van der Waals surface area contributed by atoms with E-state index in [4.69, 9.17) is 4.74 Å². The van der Waals surface area contributed by atoms with E-state index in [9.17, 15) is 5.11 Å². The fraction of sp³-hybridized carbons (Fsp3) is 0.789. The smallest absolute Gasteiger partial charge is 0.149 e. The van der Waals surface area contributed by atoms with Crippen LogP contribution in [0.2, 0.25) is 0 Å². The number of ether oxygens (including phenoxy) is 1. The molecule has 0 unspecified atom stereocenters. The van der Waals surface area contributed by atoms with Gasteiger partial charge < -0.3 is 9.84 Å². The maximum atomic E-state index is 11.0. The predicted octanol–water partition coefficient (Wildman–Crippen LogP) is 4.47. The summed E-state index contributed by atoms with van der Waals surface area (Å²) < 4.78 is 5.79. The molecule has 2 nitrogen and oxygen atoms in total. The van der Waals surface area contributed by atoms with Gasteiger partial charge in [-0.05, 0) is 39.2 Å². The number of rotatable bonds is 7. The lowest BCUT2D eigenvalue weighted by Gasteiger charge is -2.25. The number of aliphatic hydroxyl groups is 1. The molecule has 0 bridgehead atoms. The van der Waals surface area contributed by atoms with Crippen LogP contribution in [0.3, 0.4) is 0 Å². The summed E-state index contributed by atoms with van der Waals surface area (Å²) in [5, 5.41) is 11.0. The number of allylic oxidation sites excluding steroid dienone is 1. The summed E-state index contributed by atoms with van der Waals surface area (Å²) in [5.41, 5.74) is -1.18. The Morgan fingerprint density at radius 3 is 2.57 bits per heavy atom. The third-order valence-corrected chi connectivity index (χ3v) is 4.08. The highest BCUT2D eigenvalue weighted by Gasteiger charge is 2.42. The second-order valence-electron chi connectivity index (χ2n) is 6.75. The van der Waals surface area contributed by atoms with E-state index >= 15 is 0 Å². The Balaban J connectivity index is 2.77. The Morgan fingerprint density at radius 2 is 2.00 bits per heavy atom. The highest BCUT2D eigenvalue weighted by molar-refractivity contribution is 5.26. The molecular formula is C19H32O2. The predicted molar refractivity (Wildman–Crippen MR) is 89.1 cm³/mol. The molecule has 0 spiro atoms. The van der Waals surface area contributed by atoms with Crippen molar-refractivity contribution < 1.29 is 9.84 Å². The van der Waals surface area contributed by atoms with Gasteiger partial charge in [0.05, 0.1) is 12.2 Å². The molecule has 0 radical (unpaired) electrons. The van der Waals surface area contributed by atoms with Crippen LogP contribution < -0.4 is 0 Å². The van der Waals surface area contributed by atoms with Gasteiger partial charge in [-0.25, -0.2) is 0 Å². The summed E-state index contributed by atoms with van der Waals surface area (Å²) in [5.74, 6) is 6.36. The molecule has 1 heterocycles. The van der Waals surface area contributed by atoms with E-state index in [2.05, 4.69) is 45.6 Å². The summed E-state index contributed by atoms with van der Waals surface area (Å²) in [6.07, 6.45) is 11.3. The molecule has 1 aliphatic heterocycles. The zero-order chi connectivity index (χ0) is 15.8. The van der Waals surface area contributed by atoms with Gasteiger partial charge in [0, 0.05) is 12.3 Å². The zero-order valence-corrected chi connectivity index (χ0v) is 14.2. The highest BCUT2D eigenvalue weighted by Crippen LogP contribution is 2.36. The first-order valence-electron chi connectivity index (χ1n) is 8.47. The second-order valence-corrected chi connectivity index (χ2v) is 6.75. The van der Waals surface area contributed by atoms with Crippen molar-refractivity contribution in [1.29, 1.82) is 0 Å². The molecule has 1 aliphatic rings. The van der Waals surface area contributed by atoms with Gasteiger partial charge in [-0.15, -0.1) is 0 Å². The maximum Gasteiger partial charge on any atom is 0.149 e. The van der Waals surface area contributed by atoms with Gasteiger partial charge in [0.25, 0.3) is 0 Å². The minimum Gasteiger partial charge on any atom is -0.375 e. The average Bonchev–Trinajstić information content (AvgIpc) is 2.81. The van der Waals surface area contributed by atoms with E-state index in [1.807, 2.05) is 6.08 Å². The van der Waals surface area contributed by atoms with Crippen molar-refractivity contribution in [2.45, 2.75) is 83.8 Å². The number of unbranched alkanes of at least 4 members (excludes halogenated alkanes) is 4. The van der Waals surface area contributed by atoms with Gasteiger partial charge in [0.2, 0.25) is 0 Å². The molecule has 1 saturated heterocycles. The molecule has 1 fully saturated rings. The van der Waals surface area contributed by atoms with Gasteiger partial charge in [-0.1, -0.05) is 51.0 Å². The van der Waals surface area contributed by atoms with Crippen LogP contribution in [0.5, 0.6) is 0 Å². The molecule has 2 heteroatoms. The molecule has 0 amide bonds. The minimum atomic E-state index is -1.03. The van der Waals surface area contributed by atoms with Crippen LogP contribution in [0.25, 0.3) is 0 Å². The normalized spacial score (nSPS) is 23.8. The highest BCUT2D eigenvalue weighted by atomic mass is 16.5. The van der Waals surface area contributed by atoms with E-state index in [0.29, 0.717) is 6.61 Å². The van der Waals surface area contributed by atoms with Gasteiger partial charge in [-0.2, -0.15) is 0 Å². The van der Waals surface area contributed by atoms with Crippen molar-refractivity contribution in [3.05, 3.63) is 12.2 Å². The molecule has 0 saturated carbocycles. The summed E-state index contributed by atoms with van der Waals surface area (Å²) in [6.45, 7) is 9.09. The fourth-order valence-electron chi connectivity index (χ4n) is 2.65. The van der Waals surface area contributed by atoms with Crippen LogP contribution in [-0.2, 0) is 4.74 Å². The molecule has 0 aromatic carbocycles. The number of hydrogen-bond donors (Lipinski definition) is 1. The Kier molecular flexibility index (Phi) is 7.49. The van der Waals surface area contributed by atoms with Crippen LogP contribution in [0.4, 0.5) is 0 Å². The molecule has 0 aromatic rings. The second kappa shape index (κ2) is 8.61. The molecule has 2 atom stereocenters. The zero-order valence-electron chi connectivity index (χ0n) is 14.2. The molecule has 0 aliphatic carbocycles. The molecule has 120 valence electrons. The Hall–Kier alpha value is -0.780. The lowest BCUT2D eigenvalue weighted by Crippen LogP contribution is -2.35. The van der Waals surface area contributed by atoms with Gasteiger partial charge in [0.1, 0.15) is 5.60 Å². The first-order valence-corrected chi connectivity index (χ1v) is 8.47. The summed E-state index contributed by atoms with van der Waals surface area (Å²) in [4.78, 5) is 0. The molecule has 21 heavy (non-hydrogen) atoms. The molecule has 0 aromatic heterocycles. The largest absolute Gasteiger partial charge is 0.375 e. The standard InChI is InChI=1S/C19H32O2/c1-5-7-9-11-13-19(20,14-12-10-8-6-2)17-15-18(3,4)21-16-17/h11,13,17,20H,5-10,15-16H2,1-4H3/b13-11+/t17-,19+/m1/s1. The van der Waals surface area contributed by atoms with E-state index < -0.39 is 5.60 Å². The summed E-state index contributed by atoms with van der Waals surface area (Å²) in [6, 6.07) is 0. The lowest BCUT2D eigenvalue weighted by molar-refractivity contribution is 0.0270. The van der Waals surface area contributed by atoms with E-state index in [1.54, 1.807) is 0 Å². The van der Waals surface area contributed by atoms with Crippen LogP contribution in [0, 0.1) is 17.8 Å². The van der Waals surface area contributed by atoms with Crippen LogP contribution in [-0.4, -0.2) is 22.9 Å². The van der Waals surface area contributed by atoms with Crippen LogP contribution in [0.1, 0.15) is 72.6 Å². The average molecular weight is 292 g/mol. The number of hydrogen-bond acceptors (Lipinski definition) is 2. The minimum absolute atomic E-state index is 0.0690. The van der Waals surface area contributed by atoms with Gasteiger partial charge in [-0.3, -0.25) is 0 Å². The van der Waals surface area contributed by atoms with Crippen molar-refractivity contribution in [2.75, 3.05) is 6.61 Å². The van der Waals surface area contributed by atoms with Crippen molar-refractivity contribution in [3.63, 3.8) is 0 Å². The van der Waals surface area contributed by atoms with E-state index in [-0.39, 0.29) is 11.5 Å². The van der Waals surface area contributed by atoms with E-state index in [0.717, 1.165) is 38.5 Å². The maximum absolute atomic E-state index is 11.0. The first kappa shape index (κ1) is 18.3. The Labute approximate surface area is 131 Å². The third kappa shape index (κ3) is 6.24. The molecule has 1 rings (SSSR count). The first-order chi connectivity index (χ1) is 9.93.